The highest BCUT2D eigenvalue weighted by molar-refractivity contribution is 8.26. The van der Waals surface area contributed by atoms with E-state index in [0.717, 1.165) is 22.2 Å². The summed E-state index contributed by atoms with van der Waals surface area (Å²) in [4.78, 5) is 26.1. The summed E-state index contributed by atoms with van der Waals surface area (Å²) in [7, 11) is 0. The molecule has 0 spiro atoms. The van der Waals surface area contributed by atoms with Gasteiger partial charge in [-0.1, -0.05) is 66.4 Å². The van der Waals surface area contributed by atoms with E-state index in [2.05, 4.69) is 0 Å². The van der Waals surface area contributed by atoms with Crippen molar-refractivity contribution in [2.45, 2.75) is 12.5 Å². The molecule has 26 heavy (non-hydrogen) atoms. The van der Waals surface area contributed by atoms with Crippen molar-refractivity contribution in [3.8, 4) is 5.75 Å². The third kappa shape index (κ3) is 3.95. The number of hydrogen-bond donors (Lipinski definition) is 2. The van der Waals surface area contributed by atoms with Crippen LogP contribution in [-0.2, 0) is 16.0 Å². The summed E-state index contributed by atoms with van der Waals surface area (Å²) < 4.78 is 0.225. The number of phenols is 1. The molecule has 0 bridgehead atoms. The quantitative estimate of drug-likeness (QED) is 0.607. The molecule has 1 saturated heterocycles. The Labute approximate surface area is 160 Å². The maximum atomic E-state index is 12.8. The number of aromatic hydroxyl groups is 1. The Morgan fingerprint density at radius 1 is 1.15 bits per heavy atom. The van der Waals surface area contributed by atoms with E-state index in [0.29, 0.717) is 10.5 Å². The minimum Gasteiger partial charge on any atom is -0.508 e. The molecule has 2 aromatic rings. The van der Waals surface area contributed by atoms with Gasteiger partial charge in [-0.05, 0) is 29.3 Å². The molecule has 1 aliphatic rings. The first-order valence-electron chi connectivity index (χ1n) is 7.78. The van der Waals surface area contributed by atoms with E-state index in [1.807, 2.05) is 30.3 Å². The average molecular weight is 385 g/mol. The summed E-state index contributed by atoms with van der Waals surface area (Å²) >= 11 is 6.37. The Kier molecular flexibility index (Phi) is 5.39. The number of benzene rings is 2. The Balaban J connectivity index is 1.86. The van der Waals surface area contributed by atoms with E-state index < -0.39 is 17.9 Å². The molecule has 7 heteroatoms. The van der Waals surface area contributed by atoms with Crippen molar-refractivity contribution < 1.29 is 19.8 Å². The average Bonchev–Trinajstić information content (AvgIpc) is 2.89. The molecule has 0 aliphatic carbocycles. The lowest BCUT2D eigenvalue weighted by Crippen LogP contribution is -2.45. The van der Waals surface area contributed by atoms with Gasteiger partial charge in [0.05, 0.1) is 4.91 Å². The van der Waals surface area contributed by atoms with Crippen LogP contribution in [0, 0.1) is 0 Å². The molecule has 0 radical (unpaired) electrons. The van der Waals surface area contributed by atoms with Crippen LogP contribution < -0.4 is 0 Å². The molecule has 1 fully saturated rings. The Bertz CT molecular complexity index is 878. The number of thioether (sulfide) groups is 1. The number of rotatable bonds is 5. The molecule has 1 amide bonds. The fraction of sp³-hybridized carbons (Fsp3) is 0.105. The van der Waals surface area contributed by atoms with Crippen molar-refractivity contribution in [3.05, 3.63) is 70.6 Å². The van der Waals surface area contributed by atoms with Crippen molar-refractivity contribution >= 4 is 46.3 Å². The topological polar surface area (TPSA) is 77.8 Å². The van der Waals surface area contributed by atoms with Crippen LogP contribution in [0.3, 0.4) is 0 Å². The van der Waals surface area contributed by atoms with Crippen molar-refractivity contribution in [2.75, 3.05) is 0 Å². The second-order valence-electron chi connectivity index (χ2n) is 5.69. The van der Waals surface area contributed by atoms with Gasteiger partial charge < -0.3 is 10.2 Å². The Morgan fingerprint density at radius 2 is 1.81 bits per heavy atom. The highest BCUT2D eigenvalue weighted by Gasteiger charge is 2.40. The van der Waals surface area contributed by atoms with Crippen molar-refractivity contribution in [1.29, 1.82) is 0 Å². The fourth-order valence-electron chi connectivity index (χ4n) is 2.59. The number of amides is 1. The maximum Gasteiger partial charge on any atom is 0.327 e. The normalized spacial score (nSPS) is 16.9. The van der Waals surface area contributed by atoms with Gasteiger partial charge in [0.15, 0.2) is 0 Å². The molecular weight excluding hydrogens is 370 g/mol. The smallest absolute Gasteiger partial charge is 0.327 e. The number of carboxylic acid groups (broad SMARTS) is 1. The lowest BCUT2D eigenvalue weighted by Gasteiger charge is -2.23. The molecule has 1 unspecified atom stereocenters. The van der Waals surface area contributed by atoms with Crippen molar-refractivity contribution in [1.82, 2.24) is 4.90 Å². The third-order valence-corrected chi connectivity index (χ3v) is 5.21. The van der Waals surface area contributed by atoms with Crippen molar-refractivity contribution in [2.24, 2.45) is 0 Å². The predicted molar refractivity (Wildman–Crippen MR) is 105 cm³/mol. The first-order chi connectivity index (χ1) is 12.5. The number of thiocarbonyl (C=S) groups is 1. The van der Waals surface area contributed by atoms with E-state index in [4.69, 9.17) is 12.2 Å². The molecular formula is C19H15NO4S2. The molecule has 5 nitrogen and oxygen atoms in total. The minimum atomic E-state index is -1.13. The number of nitrogens with zero attached hydrogens (tertiary/aromatic N) is 1. The van der Waals surface area contributed by atoms with Gasteiger partial charge in [-0.2, -0.15) is 0 Å². The van der Waals surface area contributed by atoms with Gasteiger partial charge in [-0.15, -0.1) is 0 Å². The lowest BCUT2D eigenvalue weighted by molar-refractivity contribution is -0.145. The van der Waals surface area contributed by atoms with E-state index in [9.17, 15) is 19.8 Å². The summed E-state index contributed by atoms with van der Waals surface area (Å²) in [6, 6.07) is 14.4. The van der Waals surface area contributed by atoms with Gasteiger partial charge in [0.25, 0.3) is 5.91 Å². The number of carboxylic acids is 1. The second kappa shape index (κ2) is 7.72. The number of carbonyl (C=O) groups excluding carboxylic acids is 1. The Hall–Kier alpha value is -2.64. The molecule has 3 rings (SSSR count). The summed E-state index contributed by atoms with van der Waals surface area (Å²) in [5.41, 5.74) is 1.54. The largest absolute Gasteiger partial charge is 0.508 e. The van der Waals surface area contributed by atoms with E-state index in [-0.39, 0.29) is 16.5 Å². The van der Waals surface area contributed by atoms with Crippen LogP contribution in [0.1, 0.15) is 11.1 Å². The number of phenolic OH excluding ortho intramolecular Hbond substituents is 1. The summed E-state index contributed by atoms with van der Waals surface area (Å²) in [5.74, 6) is -1.44. The SMILES string of the molecule is O=C(O)C(Cc1ccc(O)cc1)N1C(=O)/C(=C/c2ccccc2)SC1=S. The van der Waals surface area contributed by atoms with Crippen LogP contribution >= 0.6 is 24.0 Å². The van der Waals surface area contributed by atoms with Crippen LogP contribution in [0.4, 0.5) is 0 Å². The van der Waals surface area contributed by atoms with Crippen LogP contribution in [0.2, 0.25) is 0 Å². The van der Waals surface area contributed by atoms with Gasteiger partial charge in [-0.25, -0.2) is 4.79 Å². The van der Waals surface area contributed by atoms with Gasteiger partial charge in [-0.3, -0.25) is 9.69 Å². The van der Waals surface area contributed by atoms with Crippen LogP contribution in [0.5, 0.6) is 5.75 Å². The number of carbonyl (C=O) groups is 2. The van der Waals surface area contributed by atoms with E-state index in [1.165, 1.54) is 12.1 Å². The first kappa shape index (κ1) is 18.2. The van der Waals surface area contributed by atoms with E-state index in [1.54, 1.807) is 18.2 Å². The summed E-state index contributed by atoms with van der Waals surface area (Å²) in [5, 5.41) is 19.0. The molecule has 1 aliphatic heterocycles. The van der Waals surface area contributed by atoms with Gasteiger partial charge in [0, 0.05) is 6.42 Å². The number of hydrogen-bond acceptors (Lipinski definition) is 5. The Morgan fingerprint density at radius 3 is 2.42 bits per heavy atom. The zero-order valence-electron chi connectivity index (χ0n) is 13.5. The van der Waals surface area contributed by atoms with Crippen LogP contribution in [0.15, 0.2) is 59.5 Å². The monoisotopic (exact) mass is 385 g/mol. The highest BCUT2D eigenvalue weighted by atomic mass is 32.2. The van der Waals surface area contributed by atoms with Gasteiger partial charge in [0.2, 0.25) is 0 Å². The van der Waals surface area contributed by atoms with Crippen LogP contribution in [0.25, 0.3) is 6.08 Å². The zero-order valence-corrected chi connectivity index (χ0v) is 15.2. The molecule has 2 N–H and O–H groups in total. The number of aliphatic carboxylic acids is 1. The molecule has 1 atom stereocenters. The van der Waals surface area contributed by atoms with Crippen LogP contribution in [-0.4, -0.2) is 37.4 Å². The third-order valence-electron chi connectivity index (χ3n) is 3.88. The second-order valence-corrected chi connectivity index (χ2v) is 7.36. The molecule has 1 heterocycles. The zero-order chi connectivity index (χ0) is 18.7. The standard InChI is InChI=1S/C19H15NO4S2/c21-14-8-6-13(7-9-14)10-15(18(23)24)20-17(22)16(26-19(20)25)11-12-4-2-1-3-5-12/h1-9,11,15,21H,10H2,(H,23,24)/b16-11-. The fourth-order valence-corrected chi connectivity index (χ4v) is 3.95. The van der Waals surface area contributed by atoms with Crippen molar-refractivity contribution in [3.63, 3.8) is 0 Å². The summed E-state index contributed by atoms with van der Waals surface area (Å²) in [6.45, 7) is 0. The highest BCUT2D eigenvalue weighted by Crippen LogP contribution is 2.34. The molecule has 0 saturated carbocycles. The lowest BCUT2D eigenvalue weighted by atomic mass is 10.0. The summed E-state index contributed by atoms with van der Waals surface area (Å²) in [6.07, 6.45) is 1.80. The minimum absolute atomic E-state index is 0.0945. The molecule has 0 aromatic heterocycles. The first-order valence-corrected chi connectivity index (χ1v) is 9.01. The van der Waals surface area contributed by atoms with Gasteiger partial charge in [0.1, 0.15) is 16.1 Å². The molecule has 132 valence electrons. The van der Waals surface area contributed by atoms with E-state index >= 15 is 0 Å². The molecule has 2 aromatic carbocycles. The predicted octanol–water partition coefficient (Wildman–Crippen LogP) is 3.29. The van der Waals surface area contributed by atoms with Gasteiger partial charge >= 0.3 is 5.97 Å². The maximum absolute atomic E-state index is 12.8.